The summed E-state index contributed by atoms with van der Waals surface area (Å²) in [6.45, 7) is 4.95. The maximum atomic E-state index is 13.1. The monoisotopic (exact) mass is 466 g/mol. The molecule has 2 aromatic carbocycles. The van der Waals surface area contributed by atoms with Crippen molar-refractivity contribution >= 4 is 46.8 Å². The Morgan fingerprint density at radius 1 is 1.10 bits per heavy atom. The van der Waals surface area contributed by atoms with Crippen LogP contribution < -0.4 is 5.32 Å². The van der Waals surface area contributed by atoms with Crippen LogP contribution >= 0.6 is 35.0 Å². The van der Waals surface area contributed by atoms with Gasteiger partial charge in [0, 0.05) is 28.9 Å². The largest absolute Gasteiger partial charge is 0.354 e. The number of benzene rings is 2. The van der Waals surface area contributed by atoms with Gasteiger partial charge in [-0.05, 0) is 36.1 Å². The molecule has 0 aliphatic carbocycles. The second-order valence-corrected chi connectivity index (χ2v) is 8.78. The fourth-order valence-corrected chi connectivity index (χ4v) is 4.50. The number of hydrogen-bond acceptors (Lipinski definition) is 3. The van der Waals surface area contributed by atoms with Gasteiger partial charge in [-0.2, -0.15) is 0 Å². The second-order valence-electron chi connectivity index (χ2n) is 6.95. The average molecular weight is 467 g/mol. The topological polar surface area (TPSA) is 49.4 Å². The van der Waals surface area contributed by atoms with E-state index in [9.17, 15) is 9.59 Å². The van der Waals surface area contributed by atoms with Crippen molar-refractivity contribution in [3.8, 4) is 0 Å². The van der Waals surface area contributed by atoms with E-state index in [-0.39, 0.29) is 17.6 Å². The number of rotatable bonds is 11. The Kier molecular flexibility index (Phi) is 10.6. The summed E-state index contributed by atoms with van der Waals surface area (Å²) in [6, 6.07) is 14.6. The fraction of sp³-hybridized carbons (Fsp3) is 0.391. The molecule has 0 fully saturated rings. The van der Waals surface area contributed by atoms with Crippen molar-refractivity contribution in [2.45, 2.75) is 45.0 Å². The highest BCUT2D eigenvalue weighted by molar-refractivity contribution is 7.99. The summed E-state index contributed by atoms with van der Waals surface area (Å²) in [5.41, 5.74) is 1.93. The molecule has 0 bridgehead atoms. The molecule has 0 aromatic heterocycles. The Morgan fingerprint density at radius 3 is 2.47 bits per heavy atom. The summed E-state index contributed by atoms with van der Waals surface area (Å²) in [5, 5.41) is 4.11. The van der Waals surface area contributed by atoms with Gasteiger partial charge >= 0.3 is 0 Å². The van der Waals surface area contributed by atoms with Gasteiger partial charge in [-0.15, -0.1) is 11.8 Å². The number of carbonyl (C=O) groups excluding carboxylic acids is 2. The van der Waals surface area contributed by atoms with Gasteiger partial charge in [-0.1, -0.05) is 73.4 Å². The van der Waals surface area contributed by atoms with Crippen LogP contribution in [-0.2, 0) is 21.9 Å². The first-order valence-electron chi connectivity index (χ1n) is 10.1. The highest BCUT2D eigenvalue weighted by atomic mass is 35.5. The molecular formula is C23H28Cl2N2O2S. The van der Waals surface area contributed by atoms with Crippen molar-refractivity contribution in [3.63, 3.8) is 0 Å². The lowest BCUT2D eigenvalue weighted by Crippen LogP contribution is -2.49. The minimum absolute atomic E-state index is 0.0626. The molecule has 0 aliphatic heterocycles. The Balaban J connectivity index is 2.09. The lowest BCUT2D eigenvalue weighted by atomic mass is 10.1. The number of halogens is 2. The van der Waals surface area contributed by atoms with Crippen molar-refractivity contribution in [1.29, 1.82) is 0 Å². The van der Waals surface area contributed by atoms with Gasteiger partial charge in [0.1, 0.15) is 6.04 Å². The Morgan fingerprint density at radius 2 is 1.83 bits per heavy atom. The molecular weight excluding hydrogens is 439 g/mol. The highest BCUT2D eigenvalue weighted by Gasteiger charge is 2.28. The van der Waals surface area contributed by atoms with Crippen molar-refractivity contribution in [2.24, 2.45) is 0 Å². The van der Waals surface area contributed by atoms with Gasteiger partial charge in [0.05, 0.1) is 5.75 Å². The minimum atomic E-state index is -0.496. The SMILES string of the molecule is CCCNC(=O)[C@H](CC)N(Cc1ccccc1)C(=O)CSCc1ccc(Cl)cc1Cl. The molecule has 30 heavy (non-hydrogen) atoms. The summed E-state index contributed by atoms with van der Waals surface area (Å²) in [7, 11) is 0. The van der Waals surface area contributed by atoms with E-state index in [1.165, 1.54) is 11.8 Å². The van der Waals surface area contributed by atoms with E-state index in [2.05, 4.69) is 5.32 Å². The lowest BCUT2D eigenvalue weighted by molar-refractivity contribution is -0.139. The molecule has 162 valence electrons. The maximum absolute atomic E-state index is 13.1. The predicted octanol–water partition coefficient (Wildman–Crippen LogP) is 5.56. The highest BCUT2D eigenvalue weighted by Crippen LogP contribution is 2.25. The quantitative estimate of drug-likeness (QED) is 0.471. The van der Waals surface area contributed by atoms with Crippen LogP contribution in [0, 0.1) is 0 Å². The van der Waals surface area contributed by atoms with Gasteiger partial charge in [0.15, 0.2) is 0 Å². The van der Waals surface area contributed by atoms with E-state index in [0.717, 1.165) is 17.5 Å². The Hall–Kier alpha value is -1.69. The zero-order chi connectivity index (χ0) is 21.9. The number of thioether (sulfide) groups is 1. The number of hydrogen-bond donors (Lipinski definition) is 1. The zero-order valence-electron chi connectivity index (χ0n) is 17.4. The van der Waals surface area contributed by atoms with Gasteiger partial charge in [0.2, 0.25) is 11.8 Å². The molecule has 4 nitrogen and oxygen atoms in total. The number of nitrogens with one attached hydrogen (secondary N) is 1. The molecule has 1 atom stereocenters. The van der Waals surface area contributed by atoms with E-state index >= 15 is 0 Å². The third-order valence-corrected chi connectivity index (χ3v) is 6.18. The minimum Gasteiger partial charge on any atom is -0.354 e. The van der Waals surface area contributed by atoms with Crippen molar-refractivity contribution in [3.05, 3.63) is 69.7 Å². The third-order valence-electron chi connectivity index (χ3n) is 4.63. The second kappa shape index (κ2) is 12.9. The van der Waals surface area contributed by atoms with Crippen molar-refractivity contribution < 1.29 is 9.59 Å². The van der Waals surface area contributed by atoms with Crippen LogP contribution in [0.3, 0.4) is 0 Å². The first-order chi connectivity index (χ1) is 14.5. The number of amides is 2. The average Bonchev–Trinajstić information content (AvgIpc) is 2.74. The van der Waals surface area contributed by atoms with E-state index in [1.807, 2.05) is 50.2 Å². The van der Waals surface area contributed by atoms with Gasteiger partial charge in [-0.25, -0.2) is 0 Å². The van der Waals surface area contributed by atoms with Gasteiger partial charge < -0.3 is 10.2 Å². The summed E-state index contributed by atoms with van der Waals surface area (Å²) >= 11 is 13.7. The Labute approximate surface area is 193 Å². The van der Waals surface area contributed by atoms with E-state index in [1.54, 1.807) is 17.0 Å². The molecule has 7 heteroatoms. The van der Waals surface area contributed by atoms with Crippen molar-refractivity contribution in [2.75, 3.05) is 12.3 Å². The predicted molar refractivity (Wildman–Crippen MR) is 127 cm³/mol. The maximum Gasteiger partial charge on any atom is 0.242 e. The molecule has 0 heterocycles. The summed E-state index contributed by atoms with van der Waals surface area (Å²) in [6.07, 6.45) is 1.41. The van der Waals surface area contributed by atoms with Crippen molar-refractivity contribution in [1.82, 2.24) is 10.2 Å². The summed E-state index contributed by atoms with van der Waals surface area (Å²) in [5.74, 6) is 0.699. The Bertz CT molecular complexity index is 833. The normalized spacial score (nSPS) is 11.7. The van der Waals surface area contributed by atoms with Crippen LogP contribution in [0.2, 0.25) is 10.0 Å². The molecule has 0 spiro atoms. The van der Waals surface area contributed by atoms with Gasteiger partial charge in [0.25, 0.3) is 0 Å². The molecule has 2 aromatic rings. The molecule has 0 saturated heterocycles. The molecule has 0 saturated carbocycles. The van der Waals surface area contributed by atoms with Crippen LogP contribution in [-0.4, -0.2) is 35.1 Å². The van der Waals surface area contributed by atoms with Gasteiger partial charge in [-0.3, -0.25) is 9.59 Å². The van der Waals surface area contributed by atoms with E-state index in [4.69, 9.17) is 23.2 Å². The van der Waals surface area contributed by atoms with Crippen LogP contribution in [0.15, 0.2) is 48.5 Å². The smallest absolute Gasteiger partial charge is 0.242 e. The first-order valence-corrected chi connectivity index (χ1v) is 12.0. The third kappa shape index (κ3) is 7.53. The first kappa shape index (κ1) is 24.6. The number of carbonyl (C=O) groups is 2. The molecule has 0 unspecified atom stereocenters. The zero-order valence-corrected chi connectivity index (χ0v) is 19.7. The van der Waals surface area contributed by atoms with E-state index < -0.39 is 6.04 Å². The standard InChI is InChI=1S/C23H28Cl2N2O2S/c1-3-12-26-23(29)21(4-2)27(14-17-8-6-5-7-9-17)22(28)16-30-15-18-10-11-19(24)13-20(18)25/h5-11,13,21H,3-4,12,14-16H2,1-2H3,(H,26,29)/t21-/m0/s1. The van der Waals surface area contributed by atoms with Crippen LogP contribution in [0.1, 0.15) is 37.8 Å². The van der Waals surface area contributed by atoms with E-state index in [0.29, 0.717) is 35.3 Å². The summed E-state index contributed by atoms with van der Waals surface area (Å²) < 4.78 is 0. The molecule has 2 amide bonds. The summed E-state index contributed by atoms with van der Waals surface area (Å²) in [4.78, 5) is 27.5. The van der Waals surface area contributed by atoms with Crippen LogP contribution in [0.25, 0.3) is 0 Å². The molecule has 0 aliphatic rings. The lowest BCUT2D eigenvalue weighted by Gasteiger charge is -2.30. The number of nitrogens with zero attached hydrogens (tertiary/aromatic N) is 1. The molecule has 0 radical (unpaired) electrons. The fourth-order valence-electron chi connectivity index (χ4n) is 3.04. The van der Waals surface area contributed by atoms with Crippen LogP contribution in [0.4, 0.5) is 0 Å². The molecule has 1 N–H and O–H groups in total. The molecule has 2 rings (SSSR count). The van der Waals surface area contributed by atoms with Crippen LogP contribution in [0.5, 0.6) is 0 Å².